The van der Waals surface area contributed by atoms with Crippen molar-refractivity contribution in [1.82, 2.24) is 0 Å². The van der Waals surface area contributed by atoms with Gasteiger partial charge in [-0.2, -0.15) is 0 Å². The van der Waals surface area contributed by atoms with Gasteiger partial charge in [-0.15, -0.1) is 0 Å². The summed E-state index contributed by atoms with van der Waals surface area (Å²) in [7, 11) is 0. The van der Waals surface area contributed by atoms with Gasteiger partial charge < -0.3 is 0 Å². The molecule has 0 aromatic heterocycles. The van der Waals surface area contributed by atoms with E-state index >= 15 is 0 Å². The molecule has 0 aromatic carbocycles. The average molecular weight is 261 g/mol. The SMILES string of the molecule is CCCCCCCC1=[C]CC=C1CCCCCCC. The minimum absolute atomic E-state index is 1.08. The maximum Gasteiger partial charge on any atom is -0.00857 e. The zero-order valence-corrected chi connectivity index (χ0v) is 13.3. The van der Waals surface area contributed by atoms with E-state index in [2.05, 4.69) is 26.0 Å². The van der Waals surface area contributed by atoms with Gasteiger partial charge in [0, 0.05) is 0 Å². The molecule has 1 rings (SSSR count). The first-order chi connectivity index (χ1) is 9.38. The van der Waals surface area contributed by atoms with Gasteiger partial charge in [-0.25, -0.2) is 0 Å². The third-order valence-electron chi connectivity index (χ3n) is 4.13. The van der Waals surface area contributed by atoms with E-state index in [-0.39, 0.29) is 0 Å². The Morgan fingerprint density at radius 1 is 0.789 bits per heavy atom. The van der Waals surface area contributed by atoms with E-state index in [1.807, 2.05) is 0 Å². The van der Waals surface area contributed by atoms with Gasteiger partial charge in [-0.1, -0.05) is 71.3 Å². The summed E-state index contributed by atoms with van der Waals surface area (Å²) in [5.41, 5.74) is 3.19. The van der Waals surface area contributed by atoms with Crippen LogP contribution in [0.25, 0.3) is 0 Å². The Morgan fingerprint density at radius 2 is 1.37 bits per heavy atom. The van der Waals surface area contributed by atoms with Gasteiger partial charge in [0.05, 0.1) is 0 Å². The zero-order chi connectivity index (χ0) is 13.8. The van der Waals surface area contributed by atoms with Crippen LogP contribution in [-0.2, 0) is 0 Å². The highest BCUT2D eigenvalue weighted by atomic mass is 14.1. The van der Waals surface area contributed by atoms with Crippen LogP contribution in [0.3, 0.4) is 0 Å². The number of unbranched alkanes of at least 4 members (excludes halogenated alkanes) is 8. The van der Waals surface area contributed by atoms with E-state index in [0.717, 1.165) is 6.42 Å². The van der Waals surface area contributed by atoms with Crippen LogP contribution >= 0.6 is 0 Å². The first-order valence-corrected chi connectivity index (χ1v) is 8.67. The lowest BCUT2D eigenvalue weighted by Crippen LogP contribution is -1.89. The fourth-order valence-corrected chi connectivity index (χ4v) is 2.86. The summed E-state index contributed by atoms with van der Waals surface area (Å²) in [4.78, 5) is 0. The van der Waals surface area contributed by atoms with Gasteiger partial charge in [0.15, 0.2) is 0 Å². The molecule has 0 aromatic rings. The fraction of sp³-hybridized carbons (Fsp3) is 0.789. The normalized spacial score (nSPS) is 14.6. The Kier molecular flexibility index (Phi) is 9.85. The summed E-state index contributed by atoms with van der Waals surface area (Å²) < 4.78 is 0. The number of hydrogen-bond acceptors (Lipinski definition) is 0. The Balaban J connectivity index is 2.08. The quantitative estimate of drug-likeness (QED) is 0.340. The molecule has 0 saturated heterocycles. The first-order valence-electron chi connectivity index (χ1n) is 8.67. The number of allylic oxidation sites excluding steroid dienone is 4. The Bertz CT molecular complexity index is 242. The summed E-state index contributed by atoms with van der Waals surface area (Å²) in [6.07, 6.45) is 23.6. The smallest absolute Gasteiger partial charge is 0.00857 e. The molecule has 0 unspecified atom stereocenters. The largest absolute Gasteiger partial charge is 0.0766 e. The molecule has 0 N–H and O–H groups in total. The summed E-state index contributed by atoms with van der Waals surface area (Å²) in [6.45, 7) is 4.57. The molecule has 19 heavy (non-hydrogen) atoms. The van der Waals surface area contributed by atoms with Gasteiger partial charge in [0.1, 0.15) is 0 Å². The standard InChI is InChI=1S/C19H33/c1-3-5-7-9-11-14-18-16-13-17-19(18)15-12-10-8-6-4-2/h16H,3-15H2,1-2H3. The van der Waals surface area contributed by atoms with Crippen LogP contribution in [0.1, 0.15) is 97.3 Å². The van der Waals surface area contributed by atoms with E-state index in [9.17, 15) is 0 Å². The van der Waals surface area contributed by atoms with Crippen LogP contribution in [0.5, 0.6) is 0 Å². The van der Waals surface area contributed by atoms with Crippen molar-refractivity contribution in [2.45, 2.75) is 97.3 Å². The highest BCUT2D eigenvalue weighted by Gasteiger charge is 2.09. The molecule has 0 aliphatic heterocycles. The van der Waals surface area contributed by atoms with Gasteiger partial charge >= 0.3 is 0 Å². The molecule has 0 fully saturated rings. The van der Waals surface area contributed by atoms with Gasteiger partial charge in [0.25, 0.3) is 0 Å². The molecule has 1 aliphatic carbocycles. The van der Waals surface area contributed by atoms with Crippen LogP contribution in [0.2, 0.25) is 0 Å². The molecular formula is C19H33. The van der Waals surface area contributed by atoms with Crippen molar-refractivity contribution in [2.24, 2.45) is 0 Å². The summed E-state index contributed by atoms with van der Waals surface area (Å²) in [5.74, 6) is 0. The lowest BCUT2D eigenvalue weighted by molar-refractivity contribution is 0.619. The Hall–Kier alpha value is -0.520. The molecule has 0 nitrogen and oxygen atoms in total. The van der Waals surface area contributed by atoms with Gasteiger partial charge in [-0.3, -0.25) is 0 Å². The average Bonchev–Trinajstić information content (AvgIpc) is 2.86. The lowest BCUT2D eigenvalue weighted by atomic mass is 9.97. The molecule has 0 spiro atoms. The first kappa shape index (κ1) is 16.5. The molecule has 0 saturated carbocycles. The van der Waals surface area contributed by atoms with Gasteiger partial charge in [-0.05, 0) is 49.3 Å². The Labute approximate surface area is 121 Å². The number of hydrogen-bond donors (Lipinski definition) is 0. The second kappa shape index (κ2) is 11.3. The van der Waals surface area contributed by atoms with Crippen molar-refractivity contribution in [2.75, 3.05) is 0 Å². The summed E-state index contributed by atoms with van der Waals surface area (Å²) in [5, 5.41) is 0. The van der Waals surface area contributed by atoms with E-state index in [1.165, 1.54) is 77.0 Å². The van der Waals surface area contributed by atoms with Crippen molar-refractivity contribution in [1.29, 1.82) is 0 Å². The van der Waals surface area contributed by atoms with E-state index in [0.29, 0.717) is 0 Å². The van der Waals surface area contributed by atoms with Crippen molar-refractivity contribution in [3.63, 3.8) is 0 Å². The summed E-state index contributed by atoms with van der Waals surface area (Å²) in [6, 6.07) is 0. The van der Waals surface area contributed by atoms with Crippen molar-refractivity contribution < 1.29 is 0 Å². The molecule has 0 atom stereocenters. The van der Waals surface area contributed by atoms with Crippen LogP contribution in [0, 0.1) is 6.08 Å². The summed E-state index contributed by atoms with van der Waals surface area (Å²) >= 11 is 0. The molecule has 0 heteroatoms. The predicted molar refractivity (Wildman–Crippen MR) is 86.2 cm³/mol. The molecule has 109 valence electrons. The Morgan fingerprint density at radius 3 is 2.00 bits per heavy atom. The second-order valence-electron chi connectivity index (χ2n) is 5.92. The maximum absolute atomic E-state index is 3.57. The zero-order valence-electron chi connectivity index (χ0n) is 13.3. The minimum Gasteiger partial charge on any atom is -0.0766 e. The molecule has 0 bridgehead atoms. The highest BCUT2D eigenvalue weighted by Crippen LogP contribution is 2.28. The molecule has 1 radical (unpaired) electrons. The predicted octanol–water partition coefficient (Wildman–Crippen LogP) is 6.77. The fourth-order valence-electron chi connectivity index (χ4n) is 2.86. The third kappa shape index (κ3) is 7.60. The second-order valence-corrected chi connectivity index (χ2v) is 5.92. The topological polar surface area (TPSA) is 0 Å². The molecule has 0 amide bonds. The number of rotatable bonds is 12. The molecule has 1 aliphatic rings. The third-order valence-corrected chi connectivity index (χ3v) is 4.13. The lowest BCUT2D eigenvalue weighted by Gasteiger charge is -2.09. The van der Waals surface area contributed by atoms with Crippen LogP contribution in [0.4, 0.5) is 0 Å². The van der Waals surface area contributed by atoms with E-state index < -0.39 is 0 Å². The van der Waals surface area contributed by atoms with E-state index in [1.54, 1.807) is 11.1 Å². The molecule has 0 heterocycles. The highest BCUT2D eigenvalue weighted by molar-refractivity contribution is 5.34. The monoisotopic (exact) mass is 261 g/mol. The van der Waals surface area contributed by atoms with Crippen LogP contribution < -0.4 is 0 Å². The van der Waals surface area contributed by atoms with Crippen molar-refractivity contribution >= 4 is 0 Å². The van der Waals surface area contributed by atoms with Gasteiger partial charge in [0.2, 0.25) is 0 Å². The van der Waals surface area contributed by atoms with Crippen molar-refractivity contribution in [3.8, 4) is 0 Å². The minimum atomic E-state index is 1.08. The molecular weight excluding hydrogens is 228 g/mol. The van der Waals surface area contributed by atoms with Crippen LogP contribution in [0.15, 0.2) is 17.2 Å². The maximum atomic E-state index is 3.57. The van der Waals surface area contributed by atoms with Crippen molar-refractivity contribution in [3.05, 3.63) is 23.3 Å². The van der Waals surface area contributed by atoms with E-state index in [4.69, 9.17) is 0 Å². The van der Waals surface area contributed by atoms with Crippen LogP contribution in [-0.4, -0.2) is 0 Å².